The number of carbonyl (C=O) groups is 2. The second-order valence-corrected chi connectivity index (χ2v) is 9.51. The summed E-state index contributed by atoms with van der Waals surface area (Å²) in [7, 11) is 0. The summed E-state index contributed by atoms with van der Waals surface area (Å²) in [5.74, 6) is -8.24. The predicted molar refractivity (Wildman–Crippen MR) is 134 cm³/mol. The molecule has 1 unspecified atom stereocenters. The van der Waals surface area contributed by atoms with E-state index >= 15 is 0 Å². The molecule has 0 heterocycles. The molecule has 0 aliphatic carbocycles. The highest BCUT2D eigenvalue weighted by atomic mass is 19.2. The number of rotatable bonds is 15. The SMILES string of the molecule is N#CC(CCCNC(=O)C[C@H](N)Cc1cc(F)c(F)cc1F)CCNC(=O)C[C@@H](N)Cc1cc(F)c(F)cc1F. The average molecular weight is 572 g/mol. The van der Waals surface area contributed by atoms with Crippen molar-refractivity contribution in [1.82, 2.24) is 10.6 Å². The van der Waals surface area contributed by atoms with Crippen LogP contribution in [0, 0.1) is 52.2 Å². The van der Waals surface area contributed by atoms with E-state index in [1.54, 1.807) is 0 Å². The molecule has 0 fully saturated rings. The fourth-order valence-electron chi connectivity index (χ4n) is 4.01. The van der Waals surface area contributed by atoms with Crippen LogP contribution in [0.3, 0.4) is 0 Å². The lowest BCUT2D eigenvalue weighted by molar-refractivity contribution is -0.122. The Bertz CT molecular complexity index is 1220. The molecule has 0 aliphatic rings. The topological polar surface area (TPSA) is 134 Å². The summed E-state index contributed by atoms with van der Waals surface area (Å²) >= 11 is 0. The second kappa shape index (κ2) is 15.8. The highest BCUT2D eigenvalue weighted by Gasteiger charge is 2.17. The molecule has 0 radical (unpaired) electrons. The van der Waals surface area contributed by atoms with Crippen LogP contribution in [-0.2, 0) is 22.4 Å². The first-order valence-electron chi connectivity index (χ1n) is 12.6. The number of hydrogen-bond acceptors (Lipinski definition) is 5. The molecule has 0 bridgehead atoms. The zero-order valence-electron chi connectivity index (χ0n) is 21.6. The Hall–Kier alpha value is -3.63. The van der Waals surface area contributed by atoms with E-state index in [9.17, 15) is 41.2 Å². The zero-order valence-corrected chi connectivity index (χ0v) is 21.6. The lowest BCUT2D eigenvalue weighted by Crippen LogP contribution is -2.34. The van der Waals surface area contributed by atoms with Crippen molar-refractivity contribution in [2.24, 2.45) is 17.4 Å². The Morgan fingerprint density at radius 3 is 1.57 bits per heavy atom. The number of nitrogens with zero attached hydrogens (tertiary/aromatic N) is 1. The minimum Gasteiger partial charge on any atom is -0.356 e. The Morgan fingerprint density at radius 2 is 1.12 bits per heavy atom. The van der Waals surface area contributed by atoms with Crippen molar-refractivity contribution >= 4 is 11.8 Å². The number of nitrogens with two attached hydrogens (primary N) is 2. The molecule has 6 N–H and O–H groups in total. The number of hydrogen-bond donors (Lipinski definition) is 4. The molecule has 0 saturated heterocycles. The molecule has 2 amide bonds. The zero-order chi connectivity index (χ0) is 29.8. The largest absolute Gasteiger partial charge is 0.356 e. The highest BCUT2D eigenvalue weighted by molar-refractivity contribution is 5.76. The van der Waals surface area contributed by atoms with Gasteiger partial charge in [0.25, 0.3) is 0 Å². The number of carbonyl (C=O) groups excluding carboxylic acids is 2. The molecule has 0 aliphatic heterocycles. The normalized spacial score (nSPS) is 13.3. The van der Waals surface area contributed by atoms with Crippen LogP contribution < -0.4 is 22.1 Å². The second-order valence-electron chi connectivity index (χ2n) is 9.51. The van der Waals surface area contributed by atoms with Crippen molar-refractivity contribution in [2.45, 2.75) is 57.0 Å². The van der Waals surface area contributed by atoms with Gasteiger partial charge in [0.05, 0.1) is 6.07 Å². The summed E-state index contributed by atoms with van der Waals surface area (Å²) in [6, 6.07) is 2.71. The Kier molecular flexibility index (Phi) is 12.9. The van der Waals surface area contributed by atoms with Crippen molar-refractivity contribution in [2.75, 3.05) is 13.1 Å². The van der Waals surface area contributed by atoms with Crippen LogP contribution in [0.2, 0.25) is 0 Å². The third kappa shape index (κ3) is 10.9. The average Bonchev–Trinajstić information content (AvgIpc) is 2.87. The van der Waals surface area contributed by atoms with Crippen LogP contribution in [0.15, 0.2) is 24.3 Å². The number of amides is 2. The molecule has 0 saturated carbocycles. The molecule has 2 rings (SSSR count). The summed E-state index contributed by atoms with van der Waals surface area (Å²) in [4.78, 5) is 24.2. The quantitative estimate of drug-likeness (QED) is 0.148. The van der Waals surface area contributed by atoms with Gasteiger partial charge in [0.2, 0.25) is 11.8 Å². The van der Waals surface area contributed by atoms with Crippen molar-refractivity contribution in [3.05, 3.63) is 70.3 Å². The molecule has 7 nitrogen and oxygen atoms in total. The van der Waals surface area contributed by atoms with E-state index < -0.39 is 64.7 Å². The summed E-state index contributed by atoms with van der Waals surface area (Å²) < 4.78 is 80.2. The lowest BCUT2D eigenvalue weighted by atomic mass is 10.0. The van der Waals surface area contributed by atoms with Crippen LogP contribution in [-0.4, -0.2) is 37.0 Å². The number of halogens is 6. The number of benzene rings is 2. The molecule has 218 valence electrons. The van der Waals surface area contributed by atoms with Crippen molar-refractivity contribution in [3.8, 4) is 6.07 Å². The minimum atomic E-state index is -1.32. The van der Waals surface area contributed by atoms with Crippen LogP contribution in [0.4, 0.5) is 26.3 Å². The molecule has 0 aromatic heterocycles. The Balaban J connectivity index is 1.63. The van der Waals surface area contributed by atoms with Gasteiger partial charge in [0.15, 0.2) is 23.3 Å². The molecule has 3 atom stereocenters. The standard InChI is InChI=1S/C27H31F6N5O2/c28-20-12-24(32)22(30)8-16(20)6-18(35)10-26(39)37-4-1-2-15(14-34)3-5-38-27(40)11-19(36)7-17-9-23(31)25(33)13-21(17)29/h8-9,12-13,15,18-19H,1-7,10-11,35-36H2,(H,37,39)(H,38,40)/t15?,18-,19+/m1/s1. The van der Waals surface area contributed by atoms with Gasteiger partial charge in [0.1, 0.15) is 11.6 Å². The van der Waals surface area contributed by atoms with Crippen LogP contribution >= 0.6 is 0 Å². The first-order chi connectivity index (χ1) is 18.9. The Morgan fingerprint density at radius 1 is 0.700 bits per heavy atom. The molecular formula is C27H31F6N5O2. The molecule has 13 heteroatoms. The third-order valence-electron chi connectivity index (χ3n) is 6.09. The summed E-state index contributed by atoms with van der Waals surface area (Å²) in [5, 5.41) is 14.6. The number of nitrogens with one attached hydrogen (secondary N) is 2. The van der Waals surface area contributed by atoms with Gasteiger partial charge in [0, 0.05) is 56.1 Å². The van der Waals surface area contributed by atoms with E-state index in [1.165, 1.54) is 0 Å². The molecular weight excluding hydrogens is 540 g/mol. The summed E-state index contributed by atoms with van der Waals surface area (Å²) in [6.07, 6.45) is 0.516. The van der Waals surface area contributed by atoms with Gasteiger partial charge in [-0.15, -0.1) is 0 Å². The van der Waals surface area contributed by atoms with Gasteiger partial charge in [-0.2, -0.15) is 5.26 Å². The highest BCUT2D eigenvalue weighted by Crippen LogP contribution is 2.17. The van der Waals surface area contributed by atoms with E-state index in [0.29, 0.717) is 43.5 Å². The van der Waals surface area contributed by atoms with Gasteiger partial charge in [-0.1, -0.05) is 0 Å². The number of nitriles is 1. The molecule has 2 aromatic carbocycles. The van der Waals surface area contributed by atoms with E-state index in [2.05, 4.69) is 16.7 Å². The fourth-order valence-corrected chi connectivity index (χ4v) is 4.01. The van der Waals surface area contributed by atoms with Gasteiger partial charge in [-0.3, -0.25) is 9.59 Å². The molecule has 40 heavy (non-hydrogen) atoms. The third-order valence-corrected chi connectivity index (χ3v) is 6.09. The summed E-state index contributed by atoms with van der Waals surface area (Å²) in [6.45, 7) is 0.413. The van der Waals surface area contributed by atoms with Gasteiger partial charge < -0.3 is 22.1 Å². The van der Waals surface area contributed by atoms with E-state index in [0.717, 1.165) is 0 Å². The first kappa shape index (κ1) is 32.6. The molecule has 2 aromatic rings. The van der Waals surface area contributed by atoms with Gasteiger partial charge in [-0.25, -0.2) is 26.3 Å². The van der Waals surface area contributed by atoms with Crippen LogP contribution in [0.25, 0.3) is 0 Å². The van der Waals surface area contributed by atoms with Crippen molar-refractivity contribution in [3.63, 3.8) is 0 Å². The van der Waals surface area contributed by atoms with Gasteiger partial charge >= 0.3 is 0 Å². The smallest absolute Gasteiger partial charge is 0.221 e. The Labute approximate surface area is 227 Å². The van der Waals surface area contributed by atoms with Crippen LogP contribution in [0.5, 0.6) is 0 Å². The van der Waals surface area contributed by atoms with E-state index in [4.69, 9.17) is 11.5 Å². The van der Waals surface area contributed by atoms with E-state index in [1.807, 2.05) is 0 Å². The maximum atomic E-state index is 13.7. The van der Waals surface area contributed by atoms with Crippen molar-refractivity contribution in [1.29, 1.82) is 5.26 Å². The molecule has 0 spiro atoms. The lowest BCUT2D eigenvalue weighted by Gasteiger charge is -2.14. The summed E-state index contributed by atoms with van der Waals surface area (Å²) in [5.41, 5.74) is 11.4. The van der Waals surface area contributed by atoms with Crippen LogP contribution in [0.1, 0.15) is 43.2 Å². The monoisotopic (exact) mass is 571 g/mol. The first-order valence-corrected chi connectivity index (χ1v) is 12.6. The maximum Gasteiger partial charge on any atom is 0.221 e. The van der Waals surface area contributed by atoms with Gasteiger partial charge in [-0.05, 0) is 55.4 Å². The predicted octanol–water partition coefficient (Wildman–Crippen LogP) is 3.28. The van der Waals surface area contributed by atoms with E-state index in [-0.39, 0.29) is 49.9 Å². The minimum absolute atomic E-state index is 0.137. The maximum absolute atomic E-state index is 13.7. The van der Waals surface area contributed by atoms with Crippen molar-refractivity contribution < 1.29 is 35.9 Å². The fraction of sp³-hybridized carbons (Fsp3) is 0.444.